The Hall–Kier alpha value is -1.34. The first-order chi connectivity index (χ1) is 7.54. The second-order valence-corrected chi connectivity index (χ2v) is 5.20. The summed E-state index contributed by atoms with van der Waals surface area (Å²) in [5.74, 6) is -0.152. The van der Waals surface area contributed by atoms with Gasteiger partial charge in [-0.25, -0.2) is 14.8 Å². The number of thioether (sulfide) groups is 1. The van der Waals surface area contributed by atoms with Crippen molar-refractivity contribution >= 4 is 45.8 Å². The van der Waals surface area contributed by atoms with Gasteiger partial charge < -0.3 is 10.8 Å². The van der Waals surface area contributed by atoms with Gasteiger partial charge in [0.15, 0.2) is 0 Å². The Morgan fingerprint density at radius 2 is 2.19 bits per heavy atom. The van der Waals surface area contributed by atoms with Crippen LogP contribution in [0.3, 0.4) is 0 Å². The van der Waals surface area contributed by atoms with Crippen LogP contribution in [-0.4, -0.2) is 27.3 Å². The van der Waals surface area contributed by atoms with Crippen molar-refractivity contribution in [3.05, 3.63) is 10.7 Å². The van der Waals surface area contributed by atoms with Crippen LogP contribution in [0, 0.1) is 6.92 Å². The van der Waals surface area contributed by atoms with Crippen molar-refractivity contribution in [3.63, 3.8) is 0 Å². The first-order valence-electron chi connectivity index (χ1n) is 4.38. The van der Waals surface area contributed by atoms with Crippen molar-refractivity contribution in [3.8, 4) is 0 Å². The average Bonchev–Trinajstić information content (AvgIpc) is 2.56. The van der Waals surface area contributed by atoms with E-state index in [0.29, 0.717) is 22.5 Å². The van der Waals surface area contributed by atoms with E-state index in [4.69, 9.17) is 10.8 Å². The number of fused-ring (bicyclic) bond motifs is 1. The normalized spacial score (nSPS) is 10.9. The van der Waals surface area contributed by atoms with Gasteiger partial charge in [-0.15, -0.1) is 23.1 Å². The predicted octanol–water partition coefficient (Wildman–Crippen LogP) is 2.00. The van der Waals surface area contributed by atoms with Crippen LogP contribution in [0.2, 0.25) is 0 Å². The van der Waals surface area contributed by atoms with Gasteiger partial charge in [-0.05, 0) is 13.2 Å². The van der Waals surface area contributed by atoms with E-state index < -0.39 is 5.97 Å². The molecule has 0 unspecified atom stereocenters. The number of nitrogens with zero attached hydrogens (tertiary/aromatic N) is 2. The third-order valence-corrected chi connectivity index (χ3v) is 4.33. The molecule has 0 saturated heterocycles. The van der Waals surface area contributed by atoms with Gasteiger partial charge in [0.25, 0.3) is 0 Å². The summed E-state index contributed by atoms with van der Waals surface area (Å²) >= 11 is 2.64. The van der Waals surface area contributed by atoms with E-state index in [0.717, 1.165) is 4.21 Å². The number of carbonyl (C=O) groups is 1. The maximum atomic E-state index is 11.1. The lowest BCUT2D eigenvalue weighted by atomic mass is 10.3. The van der Waals surface area contributed by atoms with Crippen molar-refractivity contribution in [1.82, 2.24) is 9.97 Å². The summed E-state index contributed by atoms with van der Waals surface area (Å²) in [6.45, 7) is 1.69. The molecule has 0 aliphatic heterocycles. The Balaban J connectivity index is 2.90. The fourth-order valence-electron chi connectivity index (χ4n) is 1.44. The summed E-state index contributed by atoms with van der Waals surface area (Å²) in [6, 6.07) is 0. The van der Waals surface area contributed by atoms with E-state index in [1.807, 2.05) is 6.26 Å². The summed E-state index contributed by atoms with van der Waals surface area (Å²) in [4.78, 5) is 19.5. The number of aromatic nitrogens is 2. The van der Waals surface area contributed by atoms with Gasteiger partial charge in [0.05, 0.1) is 9.60 Å². The van der Waals surface area contributed by atoms with Crippen LogP contribution in [0.5, 0.6) is 0 Å². The number of thiophene rings is 1. The number of carboxylic acid groups (broad SMARTS) is 1. The molecule has 0 atom stereocenters. The average molecular weight is 255 g/mol. The molecule has 84 valence electrons. The van der Waals surface area contributed by atoms with E-state index in [9.17, 15) is 4.79 Å². The number of nitrogen functional groups attached to an aromatic ring is 1. The Kier molecular flexibility index (Phi) is 2.73. The molecule has 7 heteroatoms. The maximum absolute atomic E-state index is 11.1. The molecule has 0 bridgehead atoms. The molecule has 0 spiro atoms. The van der Waals surface area contributed by atoms with Gasteiger partial charge in [0.1, 0.15) is 22.0 Å². The first-order valence-corrected chi connectivity index (χ1v) is 6.42. The second-order valence-electron chi connectivity index (χ2n) is 3.11. The lowest BCUT2D eigenvalue weighted by Crippen LogP contribution is -1.99. The zero-order valence-electron chi connectivity index (χ0n) is 8.64. The number of hydrogen-bond acceptors (Lipinski definition) is 6. The molecule has 2 heterocycles. The number of rotatable bonds is 2. The molecule has 0 saturated carbocycles. The molecule has 3 N–H and O–H groups in total. The smallest absolute Gasteiger partial charge is 0.348 e. The van der Waals surface area contributed by atoms with Crippen LogP contribution < -0.4 is 5.73 Å². The van der Waals surface area contributed by atoms with Crippen molar-refractivity contribution < 1.29 is 9.90 Å². The topological polar surface area (TPSA) is 89.1 Å². The number of carboxylic acids is 1. The number of aromatic carboxylic acids is 1. The molecule has 0 amide bonds. The summed E-state index contributed by atoms with van der Waals surface area (Å²) in [7, 11) is 0. The maximum Gasteiger partial charge on any atom is 0.348 e. The fraction of sp³-hybridized carbons (Fsp3) is 0.222. The summed E-state index contributed by atoms with van der Waals surface area (Å²) < 4.78 is 0.838. The number of hydrogen-bond donors (Lipinski definition) is 2. The number of anilines is 1. The first kappa shape index (κ1) is 11.2. The quantitative estimate of drug-likeness (QED) is 0.798. The number of aryl methyl sites for hydroxylation is 1. The molecular formula is C9H9N3O2S2. The molecule has 0 fully saturated rings. The van der Waals surface area contributed by atoms with E-state index in [1.165, 1.54) is 23.1 Å². The highest BCUT2D eigenvalue weighted by atomic mass is 32.2. The zero-order valence-corrected chi connectivity index (χ0v) is 10.3. The standard InChI is InChI=1S/C9H9N3O2S2/c1-3-11-5-4(7(10)12-3)9(15-2)16-6(5)8(13)14/h1-2H3,(H,13,14)(H2,10,11,12). The highest BCUT2D eigenvalue weighted by Crippen LogP contribution is 2.38. The van der Waals surface area contributed by atoms with Gasteiger partial charge >= 0.3 is 5.97 Å². The van der Waals surface area contributed by atoms with Gasteiger partial charge in [0, 0.05) is 0 Å². The molecule has 0 radical (unpaired) electrons. The van der Waals surface area contributed by atoms with E-state index in [1.54, 1.807) is 6.92 Å². The van der Waals surface area contributed by atoms with E-state index in [2.05, 4.69) is 9.97 Å². The minimum atomic E-state index is -0.979. The Morgan fingerprint density at radius 1 is 1.50 bits per heavy atom. The molecule has 0 aromatic carbocycles. The second kappa shape index (κ2) is 3.91. The van der Waals surface area contributed by atoms with E-state index >= 15 is 0 Å². The molecule has 0 aliphatic carbocycles. The highest BCUT2D eigenvalue weighted by molar-refractivity contribution is 8.00. The molecule has 2 aromatic heterocycles. The van der Waals surface area contributed by atoms with Crippen LogP contribution in [-0.2, 0) is 0 Å². The van der Waals surface area contributed by atoms with Crippen molar-refractivity contribution in [1.29, 1.82) is 0 Å². The largest absolute Gasteiger partial charge is 0.477 e. The third kappa shape index (κ3) is 1.61. The van der Waals surface area contributed by atoms with Gasteiger partial charge in [0.2, 0.25) is 0 Å². The number of nitrogens with two attached hydrogens (primary N) is 1. The summed E-state index contributed by atoms with van der Waals surface area (Å²) in [5, 5.41) is 9.73. The molecular weight excluding hydrogens is 246 g/mol. The minimum Gasteiger partial charge on any atom is -0.477 e. The molecule has 2 aromatic rings. The van der Waals surface area contributed by atoms with Crippen molar-refractivity contribution in [2.45, 2.75) is 11.1 Å². The zero-order chi connectivity index (χ0) is 11.9. The van der Waals surface area contributed by atoms with Crippen LogP contribution in [0.25, 0.3) is 10.9 Å². The fourth-order valence-corrected chi connectivity index (χ4v) is 3.25. The van der Waals surface area contributed by atoms with Gasteiger partial charge in [-0.2, -0.15) is 0 Å². The van der Waals surface area contributed by atoms with E-state index in [-0.39, 0.29) is 4.88 Å². The summed E-state index contributed by atoms with van der Waals surface area (Å²) in [6.07, 6.45) is 1.87. The monoisotopic (exact) mass is 255 g/mol. The Morgan fingerprint density at radius 3 is 2.75 bits per heavy atom. The Labute approximate surface area is 99.7 Å². The highest BCUT2D eigenvalue weighted by Gasteiger charge is 2.20. The van der Waals surface area contributed by atoms with Crippen LogP contribution in [0.1, 0.15) is 15.5 Å². The lowest BCUT2D eigenvalue weighted by Gasteiger charge is -1.99. The molecule has 0 aliphatic rings. The molecule has 2 rings (SSSR count). The van der Waals surface area contributed by atoms with Gasteiger partial charge in [-0.1, -0.05) is 0 Å². The summed E-state index contributed by atoms with van der Waals surface area (Å²) in [5.41, 5.74) is 6.23. The minimum absolute atomic E-state index is 0.219. The molecule has 16 heavy (non-hydrogen) atoms. The van der Waals surface area contributed by atoms with Gasteiger partial charge in [-0.3, -0.25) is 0 Å². The van der Waals surface area contributed by atoms with Crippen LogP contribution in [0.4, 0.5) is 5.82 Å². The Bertz CT molecular complexity index is 580. The predicted molar refractivity (Wildman–Crippen MR) is 65.3 cm³/mol. The SMILES string of the molecule is CSc1sc(C(=O)O)c2nc(C)nc(N)c12. The lowest BCUT2D eigenvalue weighted by molar-refractivity contribution is 0.0704. The molecule has 5 nitrogen and oxygen atoms in total. The van der Waals surface area contributed by atoms with Crippen molar-refractivity contribution in [2.75, 3.05) is 12.0 Å². The third-order valence-electron chi connectivity index (χ3n) is 2.04. The van der Waals surface area contributed by atoms with Crippen LogP contribution in [0.15, 0.2) is 4.21 Å². The van der Waals surface area contributed by atoms with Crippen LogP contribution >= 0.6 is 23.1 Å². The van der Waals surface area contributed by atoms with Crippen molar-refractivity contribution in [2.24, 2.45) is 0 Å².